The predicted molar refractivity (Wildman–Crippen MR) is 92.6 cm³/mol. The molecule has 0 aliphatic carbocycles. The zero-order valence-electron chi connectivity index (χ0n) is 13.2. The predicted octanol–water partition coefficient (Wildman–Crippen LogP) is 2.51. The number of para-hydroxylation sites is 2. The van der Waals surface area contributed by atoms with Gasteiger partial charge in [0.2, 0.25) is 5.88 Å². The van der Waals surface area contributed by atoms with Gasteiger partial charge in [-0.2, -0.15) is 0 Å². The molecule has 0 atom stereocenters. The van der Waals surface area contributed by atoms with Crippen LogP contribution in [0.15, 0.2) is 69.2 Å². The lowest BCUT2D eigenvalue weighted by atomic mass is 10.2. The maximum atomic E-state index is 13.8. The normalized spacial score (nSPS) is 11.5. The Morgan fingerprint density at radius 1 is 1.08 bits per heavy atom. The summed E-state index contributed by atoms with van der Waals surface area (Å²) in [5.74, 6) is -1.12. The molecule has 7 heteroatoms. The van der Waals surface area contributed by atoms with Gasteiger partial charge in [0.15, 0.2) is 0 Å². The van der Waals surface area contributed by atoms with Crippen molar-refractivity contribution in [3.8, 4) is 11.6 Å². The SMILES string of the molecule is CC(=Nc1ccccc1F)c1c(O)n(-c2ccccc2)c(=O)[nH]c1=O. The van der Waals surface area contributed by atoms with Gasteiger partial charge in [-0.1, -0.05) is 30.3 Å². The Morgan fingerprint density at radius 2 is 1.72 bits per heavy atom. The van der Waals surface area contributed by atoms with Gasteiger partial charge in [0, 0.05) is 0 Å². The largest absolute Gasteiger partial charge is 0.493 e. The zero-order valence-corrected chi connectivity index (χ0v) is 13.2. The highest BCUT2D eigenvalue weighted by atomic mass is 19.1. The summed E-state index contributed by atoms with van der Waals surface area (Å²) in [4.78, 5) is 30.5. The highest BCUT2D eigenvalue weighted by Crippen LogP contribution is 2.21. The standard InChI is InChI=1S/C18H14FN3O3/c1-11(20-14-10-6-5-9-13(14)19)15-16(23)21-18(25)22(17(15)24)12-7-3-2-4-8-12/h2-10,24H,1H3,(H,21,23,25). The molecule has 0 bridgehead atoms. The van der Waals surface area contributed by atoms with Gasteiger partial charge in [0.05, 0.1) is 17.1 Å². The molecule has 25 heavy (non-hydrogen) atoms. The number of rotatable bonds is 3. The Balaban J connectivity index is 2.22. The van der Waals surface area contributed by atoms with Crippen LogP contribution in [0, 0.1) is 5.82 Å². The number of hydrogen-bond acceptors (Lipinski definition) is 4. The molecule has 2 N–H and O–H groups in total. The quantitative estimate of drug-likeness (QED) is 0.719. The van der Waals surface area contributed by atoms with Crippen LogP contribution in [0.4, 0.5) is 10.1 Å². The number of aromatic amines is 1. The minimum atomic E-state index is -0.799. The summed E-state index contributed by atoms with van der Waals surface area (Å²) < 4.78 is 14.7. The second-order valence-electron chi connectivity index (χ2n) is 5.28. The van der Waals surface area contributed by atoms with Gasteiger partial charge in [0.1, 0.15) is 11.4 Å². The second kappa shape index (κ2) is 6.56. The first kappa shape index (κ1) is 16.4. The van der Waals surface area contributed by atoms with E-state index in [9.17, 15) is 19.1 Å². The minimum absolute atomic E-state index is 0.0243. The number of H-pyrrole nitrogens is 1. The number of nitrogens with zero attached hydrogens (tertiary/aromatic N) is 2. The second-order valence-corrected chi connectivity index (χ2v) is 5.28. The lowest BCUT2D eigenvalue weighted by Gasteiger charge is -2.11. The highest BCUT2D eigenvalue weighted by Gasteiger charge is 2.18. The van der Waals surface area contributed by atoms with Gasteiger partial charge in [-0.05, 0) is 31.2 Å². The number of benzene rings is 2. The van der Waals surface area contributed by atoms with Crippen LogP contribution in [0.25, 0.3) is 5.69 Å². The first-order chi connectivity index (χ1) is 12.0. The molecule has 0 aliphatic rings. The van der Waals surface area contributed by atoms with E-state index in [1.807, 2.05) is 0 Å². The van der Waals surface area contributed by atoms with Gasteiger partial charge in [-0.15, -0.1) is 0 Å². The molecule has 0 aliphatic heterocycles. The molecular weight excluding hydrogens is 325 g/mol. The van der Waals surface area contributed by atoms with E-state index in [2.05, 4.69) is 9.98 Å². The highest BCUT2D eigenvalue weighted by molar-refractivity contribution is 6.01. The number of aliphatic imine (C=N–C) groups is 1. The molecule has 0 amide bonds. The van der Waals surface area contributed by atoms with E-state index < -0.39 is 22.9 Å². The number of halogens is 1. The van der Waals surface area contributed by atoms with E-state index in [1.165, 1.54) is 25.1 Å². The van der Waals surface area contributed by atoms with Crippen LogP contribution in [-0.2, 0) is 0 Å². The van der Waals surface area contributed by atoms with Crippen LogP contribution in [0.5, 0.6) is 5.88 Å². The third kappa shape index (κ3) is 3.12. The van der Waals surface area contributed by atoms with Crippen molar-refractivity contribution in [3.63, 3.8) is 0 Å². The summed E-state index contributed by atoms with van der Waals surface area (Å²) in [5.41, 5.74) is -1.30. The summed E-state index contributed by atoms with van der Waals surface area (Å²) in [6.45, 7) is 1.45. The fourth-order valence-corrected chi connectivity index (χ4v) is 2.45. The van der Waals surface area contributed by atoms with Crippen molar-refractivity contribution >= 4 is 11.4 Å². The van der Waals surface area contributed by atoms with Crippen molar-refractivity contribution < 1.29 is 9.50 Å². The van der Waals surface area contributed by atoms with E-state index >= 15 is 0 Å². The monoisotopic (exact) mass is 339 g/mol. The zero-order chi connectivity index (χ0) is 18.0. The van der Waals surface area contributed by atoms with E-state index in [4.69, 9.17) is 0 Å². The number of hydrogen-bond donors (Lipinski definition) is 2. The lowest BCUT2D eigenvalue weighted by molar-refractivity contribution is 0.430. The summed E-state index contributed by atoms with van der Waals surface area (Å²) in [5, 5.41) is 10.5. The van der Waals surface area contributed by atoms with Gasteiger partial charge in [-0.25, -0.2) is 18.7 Å². The maximum absolute atomic E-state index is 13.8. The molecule has 2 aromatic carbocycles. The average molecular weight is 339 g/mol. The molecule has 0 spiro atoms. The number of aromatic nitrogens is 2. The number of aromatic hydroxyl groups is 1. The summed E-state index contributed by atoms with van der Waals surface area (Å²) in [6.07, 6.45) is 0. The molecule has 3 aromatic rings. The molecular formula is C18H14FN3O3. The van der Waals surface area contributed by atoms with E-state index in [1.54, 1.807) is 36.4 Å². The van der Waals surface area contributed by atoms with Crippen molar-refractivity contribution in [1.82, 2.24) is 9.55 Å². The molecule has 0 saturated heterocycles. The van der Waals surface area contributed by atoms with E-state index in [-0.39, 0.29) is 17.0 Å². The smallest absolute Gasteiger partial charge is 0.335 e. The van der Waals surface area contributed by atoms with E-state index in [0.717, 1.165) is 4.57 Å². The third-order valence-electron chi connectivity index (χ3n) is 3.60. The van der Waals surface area contributed by atoms with Crippen LogP contribution >= 0.6 is 0 Å². The van der Waals surface area contributed by atoms with Crippen LogP contribution in [0.3, 0.4) is 0 Å². The Bertz CT molecular complexity index is 1070. The first-order valence-electron chi connectivity index (χ1n) is 7.43. The molecule has 1 aromatic heterocycles. The Kier molecular flexibility index (Phi) is 4.30. The van der Waals surface area contributed by atoms with Crippen molar-refractivity contribution in [1.29, 1.82) is 0 Å². The molecule has 3 rings (SSSR count). The summed E-state index contributed by atoms with van der Waals surface area (Å²) >= 11 is 0. The van der Waals surface area contributed by atoms with Crippen molar-refractivity contribution in [2.24, 2.45) is 4.99 Å². The Morgan fingerprint density at radius 3 is 2.40 bits per heavy atom. The van der Waals surface area contributed by atoms with E-state index in [0.29, 0.717) is 5.69 Å². The van der Waals surface area contributed by atoms with Crippen LogP contribution in [-0.4, -0.2) is 20.4 Å². The molecule has 1 heterocycles. The van der Waals surface area contributed by atoms with Crippen molar-refractivity contribution in [2.45, 2.75) is 6.92 Å². The van der Waals surface area contributed by atoms with Crippen LogP contribution in [0.1, 0.15) is 12.5 Å². The Labute approximate surface area is 141 Å². The molecule has 0 saturated carbocycles. The van der Waals surface area contributed by atoms with Gasteiger partial charge >= 0.3 is 5.69 Å². The van der Waals surface area contributed by atoms with Gasteiger partial charge in [0.25, 0.3) is 5.56 Å². The van der Waals surface area contributed by atoms with Gasteiger partial charge < -0.3 is 5.11 Å². The fraction of sp³-hybridized carbons (Fsp3) is 0.0556. The van der Waals surface area contributed by atoms with Crippen molar-refractivity contribution in [3.05, 3.63) is 86.8 Å². The molecule has 126 valence electrons. The van der Waals surface area contributed by atoms with Crippen LogP contribution < -0.4 is 11.2 Å². The molecule has 6 nitrogen and oxygen atoms in total. The van der Waals surface area contributed by atoms with Gasteiger partial charge in [-0.3, -0.25) is 9.78 Å². The fourth-order valence-electron chi connectivity index (χ4n) is 2.45. The molecule has 0 unspecified atom stereocenters. The number of nitrogens with one attached hydrogen (secondary N) is 1. The summed E-state index contributed by atoms with van der Waals surface area (Å²) in [6, 6.07) is 14.1. The topological polar surface area (TPSA) is 87.4 Å². The van der Waals surface area contributed by atoms with Crippen LogP contribution in [0.2, 0.25) is 0 Å². The molecule has 0 radical (unpaired) electrons. The van der Waals surface area contributed by atoms with Crippen molar-refractivity contribution in [2.75, 3.05) is 0 Å². The third-order valence-corrected chi connectivity index (χ3v) is 3.60. The first-order valence-corrected chi connectivity index (χ1v) is 7.43. The summed E-state index contributed by atoms with van der Waals surface area (Å²) in [7, 11) is 0. The lowest BCUT2D eigenvalue weighted by Crippen LogP contribution is -2.32. The Hall–Kier alpha value is -3.48. The minimum Gasteiger partial charge on any atom is -0.493 e. The molecule has 0 fully saturated rings. The maximum Gasteiger partial charge on any atom is 0.335 e. The average Bonchev–Trinajstić information content (AvgIpc) is 2.57.